The highest BCUT2D eigenvalue weighted by Gasteiger charge is 2.38. The molecule has 0 fully saturated rings. The maximum absolute atomic E-state index is 2.42. The van der Waals surface area contributed by atoms with Crippen LogP contribution in [0.3, 0.4) is 0 Å². The molecular weight excluding hydrogens is 228 g/mol. The second-order valence-electron chi connectivity index (χ2n) is 6.18. The molecular formula is C19H22. The number of aryl methyl sites for hydroxylation is 2. The molecule has 0 N–H and O–H groups in total. The zero-order valence-electron chi connectivity index (χ0n) is 12.4. The third kappa shape index (κ3) is 1.74. The quantitative estimate of drug-likeness (QED) is 0.670. The molecule has 3 rings (SSSR count). The number of rotatable bonds is 2. The topological polar surface area (TPSA) is 0 Å². The summed E-state index contributed by atoms with van der Waals surface area (Å²) in [5.41, 5.74) is 8.85. The van der Waals surface area contributed by atoms with Crippen LogP contribution in [0.2, 0.25) is 0 Å². The summed E-state index contributed by atoms with van der Waals surface area (Å²) in [6.45, 7) is 9.09. The highest BCUT2D eigenvalue weighted by molar-refractivity contribution is 5.81. The molecule has 1 aliphatic carbocycles. The van der Waals surface area contributed by atoms with Gasteiger partial charge in [0.1, 0.15) is 0 Å². The van der Waals surface area contributed by atoms with E-state index in [0.717, 1.165) is 0 Å². The van der Waals surface area contributed by atoms with Crippen LogP contribution in [0.15, 0.2) is 36.4 Å². The maximum Gasteiger partial charge on any atom is 0.0187 e. The molecule has 98 valence electrons. The van der Waals surface area contributed by atoms with E-state index < -0.39 is 0 Å². The van der Waals surface area contributed by atoms with Crippen LogP contribution in [0.25, 0.3) is 11.1 Å². The van der Waals surface area contributed by atoms with Crippen molar-refractivity contribution in [3.05, 3.63) is 58.7 Å². The van der Waals surface area contributed by atoms with Crippen molar-refractivity contribution in [1.82, 2.24) is 0 Å². The van der Waals surface area contributed by atoms with Gasteiger partial charge in [0.2, 0.25) is 0 Å². The summed E-state index contributed by atoms with van der Waals surface area (Å²) < 4.78 is 0. The SMILES string of the molecule is CCCC1(C)c2cc(C)ccc2-c2ccc(C)cc21. The summed E-state index contributed by atoms with van der Waals surface area (Å²) in [5, 5.41) is 0. The first kappa shape index (κ1) is 12.5. The van der Waals surface area contributed by atoms with E-state index in [1.807, 2.05) is 0 Å². The molecule has 1 aliphatic rings. The molecule has 0 aliphatic heterocycles. The lowest BCUT2D eigenvalue weighted by Crippen LogP contribution is -2.20. The minimum atomic E-state index is 0.192. The van der Waals surface area contributed by atoms with Crippen LogP contribution >= 0.6 is 0 Å². The van der Waals surface area contributed by atoms with Gasteiger partial charge in [-0.2, -0.15) is 0 Å². The first-order valence-corrected chi connectivity index (χ1v) is 7.29. The van der Waals surface area contributed by atoms with E-state index in [-0.39, 0.29) is 5.41 Å². The predicted octanol–water partition coefficient (Wildman–Crippen LogP) is 5.39. The van der Waals surface area contributed by atoms with E-state index in [1.165, 1.54) is 46.2 Å². The normalized spacial score (nSPS) is 15.2. The molecule has 2 aromatic rings. The molecule has 0 heterocycles. The third-order valence-electron chi connectivity index (χ3n) is 4.58. The van der Waals surface area contributed by atoms with Gasteiger partial charge in [0, 0.05) is 5.41 Å². The standard InChI is InChI=1S/C19H22/c1-5-10-19(4)17-11-13(2)6-8-15(17)16-9-7-14(3)12-18(16)19/h6-9,11-12H,5,10H2,1-4H3. The van der Waals surface area contributed by atoms with Gasteiger partial charge in [-0.25, -0.2) is 0 Å². The molecule has 0 atom stereocenters. The Hall–Kier alpha value is -1.56. The average Bonchev–Trinajstić information content (AvgIpc) is 2.60. The van der Waals surface area contributed by atoms with Crippen LogP contribution in [0.5, 0.6) is 0 Å². The van der Waals surface area contributed by atoms with Gasteiger partial charge >= 0.3 is 0 Å². The third-order valence-corrected chi connectivity index (χ3v) is 4.58. The lowest BCUT2D eigenvalue weighted by molar-refractivity contribution is 0.523. The molecule has 0 radical (unpaired) electrons. The first-order valence-electron chi connectivity index (χ1n) is 7.29. The Morgan fingerprint density at radius 3 is 1.74 bits per heavy atom. The Morgan fingerprint density at radius 1 is 0.842 bits per heavy atom. The first-order chi connectivity index (χ1) is 9.06. The molecule has 0 heteroatoms. The van der Waals surface area contributed by atoms with Gasteiger partial charge < -0.3 is 0 Å². The monoisotopic (exact) mass is 250 g/mol. The molecule has 0 saturated carbocycles. The Labute approximate surface area is 116 Å². The van der Waals surface area contributed by atoms with Gasteiger partial charge in [-0.05, 0) is 42.5 Å². The largest absolute Gasteiger partial charge is 0.0653 e. The van der Waals surface area contributed by atoms with Crippen LogP contribution in [0, 0.1) is 13.8 Å². The van der Waals surface area contributed by atoms with Crippen molar-refractivity contribution in [3.8, 4) is 11.1 Å². The molecule has 0 bridgehead atoms. The zero-order chi connectivity index (χ0) is 13.6. The lowest BCUT2D eigenvalue weighted by Gasteiger charge is -2.27. The smallest absolute Gasteiger partial charge is 0.0187 e. The van der Waals surface area contributed by atoms with Gasteiger partial charge in [0.25, 0.3) is 0 Å². The fourth-order valence-electron chi connectivity index (χ4n) is 3.61. The number of hydrogen-bond donors (Lipinski definition) is 0. The van der Waals surface area contributed by atoms with Crippen LogP contribution < -0.4 is 0 Å². The molecule has 2 aromatic carbocycles. The summed E-state index contributed by atoms with van der Waals surface area (Å²) in [6.07, 6.45) is 2.44. The van der Waals surface area contributed by atoms with Gasteiger partial charge in [-0.1, -0.05) is 67.8 Å². The summed E-state index contributed by atoms with van der Waals surface area (Å²) in [5.74, 6) is 0. The van der Waals surface area contributed by atoms with Gasteiger partial charge in [0.05, 0.1) is 0 Å². The maximum atomic E-state index is 2.42. The highest BCUT2D eigenvalue weighted by Crippen LogP contribution is 2.51. The van der Waals surface area contributed by atoms with E-state index in [1.54, 1.807) is 0 Å². The summed E-state index contributed by atoms with van der Waals surface area (Å²) in [4.78, 5) is 0. The van der Waals surface area contributed by atoms with E-state index in [0.29, 0.717) is 0 Å². The summed E-state index contributed by atoms with van der Waals surface area (Å²) in [7, 11) is 0. The lowest BCUT2D eigenvalue weighted by atomic mass is 9.76. The minimum Gasteiger partial charge on any atom is -0.0653 e. The number of benzene rings is 2. The summed E-state index contributed by atoms with van der Waals surface area (Å²) in [6, 6.07) is 13.9. The zero-order valence-corrected chi connectivity index (χ0v) is 12.4. The molecule has 0 unspecified atom stereocenters. The molecule has 0 aromatic heterocycles. The van der Waals surface area contributed by atoms with E-state index in [2.05, 4.69) is 64.1 Å². The fraction of sp³-hybridized carbons (Fsp3) is 0.368. The van der Waals surface area contributed by atoms with Crippen molar-refractivity contribution in [1.29, 1.82) is 0 Å². The molecule has 0 amide bonds. The van der Waals surface area contributed by atoms with E-state index in [4.69, 9.17) is 0 Å². The van der Waals surface area contributed by atoms with Crippen LogP contribution in [0.1, 0.15) is 48.9 Å². The second kappa shape index (κ2) is 4.23. The predicted molar refractivity (Wildman–Crippen MR) is 82.7 cm³/mol. The minimum absolute atomic E-state index is 0.192. The van der Waals surface area contributed by atoms with Crippen molar-refractivity contribution in [2.24, 2.45) is 0 Å². The Morgan fingerprint density at radius 2 is 1.32 bits per heavy atom. The van der Waals surface area contributed by atoms with Crippen LogP contribution in [0.4, 0.5) is 0 Å². The van der Waals surface area contributed by atoms with Gasteiger partial charge in [0.15, 0.2) is 0 Å². The van der Waals surface area contributed by atoms with Crippen molar-refractivity contribution in [3.63, 3.8) is 0 Å². The van der Waals surface area contributed by atoms with Crippen LogP contribution in [-0.2, 0) is 5.41 Å². The Balaban J connectivity index is 2.32. The Kier molecular flexibility index (Phi) is 2.78. The molecule has 0 spiro atoms. The van der Waals surface area contributed by atoms with E-state index >= 15 is 0 Å². The Bertz CT molecular complexity index is 583. The molecule has 0 nitrogen and oxygen atoms in total. The van der Waals surface area contributed by atoms with E-state index in [9.17, 15) is 0 Å². The molecule has 0 saturated heterocycles. The number of hydrogen-bond acceptors (Lipinski definition) is 0. The fourth-order valence-corrected chi connectivity index (χ4v) is 3.61. The van der Waals surface area contributed by atoms with Crippen molar-refractivity contribution in [2.45, 2.75) is 46.0 Å². The van der Waals surface area contributed by atoms with Crippen molar-refractivity contribution in [2.75, 3.05) is 0 Å². The molecule has 19 heavy (non-hydrogen) atoms. The number of fused-ring (bicyclic) bond motifs is 3. The second-order valence-corrected chi connectivity index (χ2v) is 6.18. The van der Waals surface area contributed by atoms with Gasteiger partial charge in [-0.3, -0.25) is 0 Å². The van der Waals surface area contributed by atoms with Crippen molar-refractivity contribution < 1.29 is 0 Å². The summed E-state index contributed by atoms with van der Waals surface area (Å²) >= 11 is 0. The van der Waals surface area contributed by atoms with Crippen molar-refractivity contribution >= 4 is 0 Å². The highest BCUT2D eigenvalue weighted by atomic mass is 14.4. The average molecular weight is 250 g/mol. The van der Waals surface area contributed by atoms with Crippen LogP contribution in [-0.4, -0.2) is 0 Å². The van der Waals surface area contributed by atoms with Gasteiger partial charge in [-0.15, -0.1) is 0 Å².